The third-order valence-electron chi connectivity index (χ3n) is 5.59. The summed E-state index contributed by atoms with van der Waals surface area (Å²) in [5, 5.41) is 9.53. The minimum Gasteiger partial charge on any atom is -0.489 e. The van der Waals surface area contributed by atoms with Gasteiger partial charge in [0.25, 0.3) is 0 Å². The van der Waals surface area contributed by atoms with Gasteiger partial charge in [-0.15, -0.1) is 0 Å². The van der Waals surface area contributed by atoms with Gasteiger partial charge in [-0.3, -0.25) is 9.69 Å². The number of carbonyl (C=O) groups is 1. The van der Waals surface area contributed by atoms with Gasteiger partial charge >= 0.3 is 12.1 Å². The molecule has 0 radical (unpaired) electrons. The fourth-order valence-electron chi connectivity index (χ4n) is 3.79. The van der Waals surface area contributed by atoms with E-state index in [4.69, 9.17) is 26.2 Å². The maximum atomic E-state index is 13.3. The third kappa shape index (κ3) is 4.71. The number of carboxylic acid groups (broad SMARTS) is 1. The minimum absolute atomic E-state index is 0.0520. The van der Waals surface area contributed by atoms with Crippen LogP contribution in [0.4, 0.5) is 13.2 Å². The molecule has 32 heavy (non-hydrogen) atoms. The Labute approximate surface area is 188 Å². The summed E-state index contributed by atoms with van der Waals surface area (Å²) in [7, 11) is 0. The summed E-state index contributed by atoms with van der Waals surface area (Å²) in [5.41, 5.74) is 1.39. The molecule has 4 rings (SSSR count). The molecule has 0 aliphatic carbocycles. The Kier molecular flexibility index (Phi) is 6.09. The van der Waals surface area contributed by atoms with Crippen LogP contribution in [-0.4, -0.2) is 42.2 Å². The highest BCUT2D eigenvalue weighted by Gasteiger charge is 2.34. The first-order chi connectivity index (χ1) is 15.1. The molecule has 2 aliphatic heterocycles. The number of ether oxygens (including phenoxy) is 2. The summed E-state index contributed by atoms with van der Waals surface area (Å²) < 4.78 is 51.3. The van der Waals surface area contributed by atoms with Crippen molar-refractivity contribution in [3.05, 3.63) is 64.2 Å². The average molecular weight is 468 g/mol. The van der Waals surface area contributed by atoms with Crippen LogP contribution in [-0.2, 0) is 17.6 Å². The molecule has 0 atom stereocenters. The lowest BCUT2D eigenvalue weighted by atomic mass is 9.98. The Morgan fingerprint density at radius 2 is 2.00 bits per heavy atom. The summed E-state index contributed by atoms with van der Waals surface area (Å²) in [5.74, 6) is -0.287. The quantitative estimate of drug-likeness (QED) is 0.651. The second-order valence-electron chi connectivity index (χ2n) is 8.04. The SMILES string of the molecule is Cc1ccc(COc2ccc3c(c2)OCC(CN2CC(C(=O)O)C2)=C3Cl)c(C(F)(F)F)c1. The summed E-state index contributed by atoms with van der Waals surface area (Å²) in [6, 6.07) is 9.11. The largest absolute Gasteiger partial charge is 0.489 e. The second kappa shape index (κ2) is 8.67. The maximum Gasteiger partial charge on any atom is 0.416 e. The highest BCUT2D eigenvalue weighted by atomic mass is 35.5. The van der Waals surface area contributed by atoms with Gasteiger partial charge in [-0.05, 0) is 25.1 Å². The number of alkyl halides is 3. The van der Waals surface area contributed by atoms with Gasteiger partial charge in [-0.1, -0.05) is 29.3 Å². The highest BCUT2D eigenvalue weighted by Crippen LogP contribution is 2.39. The molecule has 0 aromatic heterocycles. The Balaban J connectivity index is 1.45. The molecule has 5 nitrogen and oxygen atoms in total. The van der Waals surface area contributed by atoms with Crippen molar-refractivity contribution < 1.29 is 32.5 Å². The molecule has 0 amide bonds. The van der Waals surface area contributed by atoms with Crippen molar-refractivity contribution >= 4 is 22.6 Å². The van der Waals surface area contributed by atoms with Crippen LogP contribution in [0.3, 0.4) is 0 Å². The number of rotatable bonds is 6. The van der Waals surface area contributed by atoms with Crippen LogP contribution in [0.2, 0.25) is 0 Å². The number of halogens is 4. The van der Waals surface area contributed by atoms with Crippen molar-refractivity contribution in [2.24, 2.45) is 5.92 Å². The Hall–Kier alpha value is -2.71. The van der Waals surface area contributed by atoms with Crippen LogP contribution < -0.4 is 9.47 Å². The zero-order chi connectivity index (χ0) is 23.0. The van der Waals surface area contributed by atoms with E-state index in [1.807, 2.05) is 4.90 Å². The van der Waals surface area contributed by atoms with E-state index >= 15 is 0 Å². The number of nitrogens with zero attached hydrogens (tertiary/aromatic N) is 1. The normalized spacial score (nSPS) is 16.9. The lowest BCUT2D eigenvalue weighted by Gasteiger charge is -2.38. The van der Waals surface area contributed by atoms with Crippen LogP contribution >= 0.6 is 11.6 Å². The monoisotopic (exact) mass is 467 g/mol. The van der Waals surface area contributed by atoms with Crippen LogP contribution in [0.15, 0.2) is 42.0 Å². The molecule has 9 heteroatoms. The van der Waals surface area contributed by atoms with Crippen molar-refractivity contribution in [2.45, 2.75) is 19.7 Å². The fraction of sp³-hybridized carbons (Fsp3) is 0.348. The van der Waals surface area contributed by atoms with Crippen LogP contribution in [0, 0.1) is 12.8 Å². The maximum absolute atomic E-state index is 13.3. The van der Waals surface area contributed by atoms with Gasteiger partial charge in [0.05, 0.1) is 16.5 Å². The van der Waals surface area contributed by atoms with Crippen molar-refractivity contribution in [1.82, 2.24) is 4.90 Å². The van der Waals surface area contributed by atoms with Gasteiger partial charge in [0.15, 0.2) is 0 Å². The number of aryl methyl sites for hydroxylation is 1. The van der Waals surface area contributed by atoms with Crippen molar-refractivity contribution in [1.29, 1.82) is 0 Å². The van der Waals surface area contributed by atoms with Crippen LogP contribution in [0.5, 0.6) is 11.5 Å². The topological polar surface area (TPSA) is 59.0 Å². The standard InChI is InChI=1S/C23H21ClF3NO4/c1-13-2-3-14(19(6-13)23(25,26)27)11-31-17-4-5-18-20(7-17)32-12-16(21(18)24)10-28-8-15(9-28)22(29)30/h2-7,15H,8-12H2,1H3,(H,29,30). The van der Waals surface area contributed by atoms with E-state index in [0.717, 1.165) is 11.6 Å². The van der Waals surface area contributed by atoms with E-state index in [1.165, 1.54) is 6.07 Å². The lowest BCUT2D eigenvalue weighted by Crippen LogP contribution is -2.51. The van der Waals surface area contributed by atoms with Gasteiger partial charge in [0.1, 0.15) is 24.7 Å². The first-order valence-corrected chi connectivity index (χ1v) is 10.4. The van der Waals surface area contributed by atoms with Crippen LogP contribution in [0.1, 0.15) is 22.3 Å². The molecule has 0 spiro atoms. The summed E-state index contributed by atoms with van der Waals surface area (Å²) >= 11 is 6.54. The molecule has 170 valence electrons. The Morgan fingerprint density at radius 3 is 2.69 bits per heavy atom. The van der Waals surface area contributed by atoms with Gasteiger partial charge in [-0.25, -0.2) is 0 Å². The van der Waals surface area contributed by atoms with E-state index in [9.17, 15) is 18.0 Å². The first kappa shape index (κ1) is 22.5. The van der Waals surface area contributed by atoms with E-state index < -0.39 is 17.7 Å². The summed E-state index contributed by atoms with van der Waals surface area (Å²) in [6.07, 6.45) is -4.46. The number of carboxylic acids is 1. The molecule has 1 N–H and O–H groups in total. The van der Waals surface area contributed by atoms with Gasteiger partial charge in [-0.2, -0.15) is 13.2 Å². The zero-order valence-electron chi connectivity index (χ0n) is 17.2. The minimum atomic E-state index is -4.46. The molecular weight excluding hydrogens is 447 g/mol. The average Bonchev–Trinajstić information content (AvgIpc) is 2.69. The number of hydrogen-bond acceptors (Lipinski definition) is 4. The molecule has 1 saturated heterocycles. The number of hydrogen-bond donors (Lipinski definition) is 1. The summed E-state index contributed by atoms with van der Waals surface area (Å²) in [4.78, 5) is 12.9. The van der Waals surface area contributed by atoms with Gasteiger partial charge in [0, 0.05) is 42.4 Å². The molecule has 0 saturated carbocycles. The first-order valence-electron chi connectivity index (χ1n) is 10.0. The van der Waals surface area contributed by atoms with Crippen molar-refractivity contribution in [3.63, 3.8) is 0 Å². The molecule has 1 fully saturated rings. The van der Waals surface area contributed by atoms with E-state index in [1.54, 1.807) is 31.2 Å². The van der Waals surface area contributed by atoms with Gasteiger partial charge < -0.3 is 14.6 Å². The molecule has 2 aromatic rings. The third-order valence-corrected chi connectivity index (χ3v) is 6.06. The van der Waals surface area contributed by atoms with Gasteiger partial charge in [0.2, 0.25) is 0 Å². The molecule has 2 heterocycles. The predicted molar refractivity (Wildman–Crippen MR) is 113 cm³/mol. The predicted octanol–water partition coefficient (Wildman–Crippen LogP) is 4.95. The number of fused-ring (bicyclic) bond motifs is 1. The van der Waals surface area contributed by atoms with E-state index in [2.05, 4.69) is 0 Å². The van der Waals surface area contributed by atoms with Crippen molar-refractivity contribution in [2.75, 3.05) is 26.2 Å². The van der Waals surface area contributed by atoms with Crippen LogP contribution in [0.25, 0.3) is 5.03 Å². The molecule has 2 aliphatic rings. The molecular formula is C23H21ClF3NO4. The highest BCUT2D eigenvalue weighted by molar-refractivity contribution is 6.49. The zero-order valence-corrected chi connectivity index (χ0v) is 18.0. The van der Waals surface area contributed by atoms with E-state index in [0.29, 0.717) is 47.3 Å². The molecule has 0 bridgehead atoms. The van der Waals surface area contributed by atoms with E-state index in [-0.39, 0.29) is 24.7 Å². The number of likely N-dealkylation sites (tertiary alicyclic amines) is 1. The fourth-order valence-corrected chi connectivity index (χ4v) is 4.06. The number of benzene rings is 2. The lowest BCUT2D eigenvalue weighted by molar-refractivity contribution is -0.147. The van der Waals surface area contributed by atoms with Crippen molar-refractivity contribution in [3.8, 4) is 11.5 Å². The Morgan fingerprint density at radius 1 is 1.25 bits per heavy atom. The molecule has 2 aromatic carbocycles. The molecule has 0 unspecified atom stereocenters. The Bertz CT molecular complexity index is 1080. The number of aliphatic carboxylic acids is 1. The smallest absolute Gasteiger partial charge is 0.416 e. The second-order valence-corrected chi connectivity index (χ2v) is 8.42. The summed E-state index contributed by atoms with van der Waals surface area (Å²) in [6.45, 7) is 3.10.